The number of benzene rings is 1. The van der Waals surface area contributed by atoms with Crippen molar-refractivity contribution in [3.63, 3.8) is 0 Å². The fraction of sp³-hybridized carbons (Fsp3) is 0.562. The van der Waals surface area contributed by atoms with Crippen molar-refractivity contribution in [2.75, 3.05) is 12.4 Å². The molecule has 1 aliphatic carbocycles. The molecular weight excluding hydrogens is 238 g/mol. The van der Waals surface area contributed by atoms with Crippen molar-refractivity contribution >= 4 is 11.7 Å². The van der Waals surface area contributed by atoms with Crippen LogP contribution in [0.4, 0.5) is 5.69 Å². The number of nitrogens with one attached hydrogen (secondary N) is 1. The van der Waals surface area contributed by atoms with Gasteiger partial charge in [0, 0.05) is 11.7 Å². The molecule has 1 N–H and O–H groups in total. The van der Waals surface area contributed by atoms with Gasteiger partial charge in [0.05, 0.1) is 13.0 Å². The third-order valence-electron chi connectivity index (χ3n) is 3.85. The summed E-state index contributed by atoms with van der Waals surface area (Å²) in [5.74, 6) is 0.0483. The largest absolute Gasteiger partial charge is 0.469 e. The molecule has 0 atom stereocenters. The minimum Gasteiger partial charge on any atom is -0.469 e. The Labute approximate surface area is 115 Å². The zero-order valence-corrected chi connectivity index (χ0v) is 12.0. The van der Waals surface area contributed by atoms with Crippen molar-refractivity contribution in [2.45, 2.75) is 45.6 Å². The van der Waals surface area contributed by atoms with Crippen LogP contribution in [0, 0.1) is 19.8 Å². The Bertz CT molecular complexity index is 428. The summed E-state index contributed by atoms with van der Waals surface area (Å²) in [5.41, 5.74) is 3.76. The summed E-state index contributed by atoms with van der Waals surface area (Å²) in [6, 6.07) is 7.01. The lowest BCUT2D eigenvalue weighted by Crippen LogP contribution is -2.29. The van der Waals surface area contributed by atoms with Crippen molar-refractivity contribution in [3.8, 4) is 0 Å². The van der Waals surface area contributed by atoms with Gasteiger partial charge in [-0.15, -0.1) is 0 Å². The molecule has 0 radical (unpaired) electrons. The molecule has 1 saturated carbocycles. The first-order valence-corrected chi connectivity index (χ1v) is 7.01. The van der Waals surface area contributed by atoms with Crippen LogP contribution in [-0.2, 0) is 9.53 Å². The zero-order valence-electron chi connectivity index (χ0n) is 12.0. The van der Waals surface area contributed by atoms with E-state index in [1.165, 1.54) is 23.9 Å². The molecule has 1 fully saturated rings. The van der Waals surface area contributed by atoms with Crippen LogP contribution < -0.4 is 5.32 Å². The molecule has 3 nitrogen and oxygen atoms in total. The van der Waals surface area contributed by atoms with Crippen LogP contribution >= 0.6 is 0 Å². The standard InChI is InChI=1S/C16H23NO2/c1-11-8-12(2)10-15(9-11)17-14-6-4-13(5-7-14)16(18)19-3/h8-10,13-14,17H,4-7H2,1-3H3. The number of rotatable bonds is 3. The van der Waals surface area contributed by atoms with Crippen molar-refractivity contribution in [2.24, 2.45) is 5.92 Å². The number of esters is 1. The molecule has 0 saturated heterocycles. The molecule has 0 amide bonds. The average Bonchev–Trinajstić information content (AvgIpc) is 2.37. The van der Waals surface area contributed by atoms with Gasteiger partial charge in [-0.1, -0.05) is 6.07 Å². The molecule has 0 bridgehead atoms. The van der Waals surface area contributed by atoms with Crippen LogP contribution in [0.1, 0.15) is 36.8 Å². The summed E-state index contributed by atoms with van der Waals surface area (Å²) in [7, 11) is 1.47. The van der Waals surface area contributed by atoms with Crippen LogP contribution in [0.5, 0.6) is 0 Å². The maximum atomic E-state index is 11.5. The highest BCUT2D eigenvalue weighted by molar-refractivity contribution is 5.72. The highest BCUT2D eigenvalue weighted by Gasteiger charge is 2.26. The average molecular weight is 261 g/mol. The fourth-order valence-electron chi connectivity index (χ4n) is 2.93. The van der Waals surface area contributed by atoms with Crippen LogP contribution in [0.15, 0.2) is 18.2 Å². The zero-order chi connectivity index (χ0) is 13.8. The van der Waals surface area contributed by atoms with Gasteiger partial charge in [0.15, 0.2) is 0 Å². The number of carbonyl (C=O) groups is 1. The fourth-order valence-corrected chi connectivity index (χ4v) is 2.93. The van der Waals surface area contributed by atoms with E-state index in [9.17, 15) is 4.79 Å². The number of ether oxygens (including phenoxy) is 1. The first-order valence-electron chi connectivity index (χ1n) is 7.01. The summed E-state index contributed by atoms with van der Waals surface area (Å²) in [6.07, 6.45) is 3.92. The molecule has 1 aromatic rings. The lowest BCUT2D eigenvalue weighted by Gasteiger charge is -2.28. The van der Waals surface area contributed by atoms with Gasteiger partial charge >= 0.3 is 5.97 Å². The Kier molecular flexibility index (Phi) is 4.46. The van der Waals surface area contributed by atoms with Crippen molar-refractivity contribution in [3.05, 3.63) is 29.3 Å². The molecular formula is C16H23NO2. The molecule has 3 heteroatoms. The first-order chi connectivity index (χ1) is 9.08. The van der Waals surface area contributed by atoms with Gasteiger partial charge < -0.3 is 10.1 Å². The summed E-state index contributed by atoms with van der Waals surface area (Å²) >= 11 is 0. The maximum absolute atomic E-state index is 11.5. The van der Waals surface area contributed by atoms with Gasteiger partial charge in [0.2, 0.25) is 0 Å². The summed E-state index contributed by atoms with van der Waals surface area (Å²) < 4.78 is 4.82. The number of hydrogen-bond acceptors (Lipinski definition) is 3. The third-order valence-corrected chi connectivity index (χ3v) is 3.85. The van der Waals surface area contributed by atoms with E-state index in [0.29, 0.717) is 6.04 Å². The molecule has 2 rings (SSSR count). The van der Waals surface area contributed by atoms with Gasteiger partial charge in [-0.05, 0) is 62.8 Å². The quantitative estimate of drug-likeness (QED) is 0.847. The van der Waals surface area contributed by atoms with Gasteiger partial charge in [-0.2, -0.15) is 0 Å². The number of aryl methyl sites for hydroxylation is 2. The van der Waals surface area contributed by atoms with Gasteiger partial charge in [0.1, 0.15) is 0 Å². The van der Waals surface area contributed by atoms with Crippen molar-refractivity contribution < 1.29 is 9.53 Å². The molecule has 1 aliphatic rings. The van der Waals surface area contributed by atoms with Crippen LogP contribution in [0.2, 0.25) is 0 Å². The van der Waals surface area contributed by atoms with Crippen LogP contribution in [0.25, 0.3) is 0 Å². The molecule has 1 aromatic carbocycles. The Morgan fingerprint density at radius 2 is 1.68 bits per heavy atom. The second-order valence-corrected chi connectivity index (χ2v) is 5.59. The molecule has 104 valence electrons. The van der Waals surface area contributed by atoms with E-state index < -0.39 is 0 Å². The number of carbonyl (C=O) groups excluding carboxylic acids is 1. The minimum absolute atomic E-state index is 0.0511. The van der Waals surface area contributed by atoms with E-state index in [-0.39, 0.29) is 11.9 Å². The van der Waals surface area contributed by atoms with E-state index >= 15 is 0 Å². The van der Waals surface area contributed by atoms with E-state index in [2.05, 4.69) is 37.4 Å². The van der Waals surface area contributed by atoms with Gasteiger partial charge in [-0.3, -0.25) is 4.79 Å². The maximum Gasteiger partial charge on any atom is 0.308 e. The Morgan fingerprint density at radius 1 is 1.11 bits per heavy atom. The second kappa shape index (κ2) is 6.09. The lowest BCUT2D eigenvalue weighted by atomic mass is 9.86. The molecule has 19 heavy (non-hydrogen) atoms. The molecule has 0 aliphatic heterocycles. The Morgan fingerprint density at radius 3 is 2.21 bits per heavy atom. The smallest absolute Gasteiger partial charge is 0.308 e. The number of anilines is 1. The van der Waals surface area contributed by atoms with Crippen molar-refractivity contribution in [1.29, 1.82) is 0 Å². The molecule has 0 aromatic heterocycles. The molecule has 0 heterocycles. The third kappa shape index (κ3) is 3.72. The number of methoxy groups -OCH3 is 1. The highest BCUT2D eigenvalue weighted by atomic mass is 16.5. The summed E-state index contributed by atoms with van der Waals surface area (Å²) in [5, 5.41) is 3.59. The van der Waals surface area contributed by atoms with E-state index in [0.717, 1.165) is 25.7 Å². The predicted octanol–water partition coefficient (Wildman–Crippen LogP) is 3.45. The lowest BCUT2D eigenvalue weighted by molar-refractivity contribution is -0.146. The minimum atomic E-state index is -0.0511. The topological polar surface area (TPSA) is 38.3 Å². The van der Waals surface area contributed by atoms with Crippen LogP contribution in [-0.4, -0.2) is 19.1 Å². The van der Waals surface area contributed by atoms with E-state index in [1.54, 1.807) is 0 Å². The Hall–Kier alpha value is -1.51. The van der Waals surface area contributed by atoms with Gasteiger partial charge in [-0.25, -0.2) is 0 Å². The molecule has 0 unspecified atom stereocenters. The van der Waals surface area contributed by atoms with E-state index in [1.807, 2.05) is 0 Å². The van der Waals surface area contributed by atoms with Crippen molar-refractivity contribution in [1.82, 2.24) is 0 Å². The number of hydrogen-bond donors (Lipinski definition) is 1. The second-order valence-electron chi connectivity index (χ2n) is 5.59. The summed E-state index contributed by atoms with van der Waals surface area (Å²) in [6.45, 7) is 4.23. The van der Waals surface area contributed by atoms with Crippen LogP contribution in [0.3, 0.4) is 0 Å². The van der Waals surface area contributed by atoms with Gasteiger partial charge in [0.25, 0.3) is 0 Å². The first kappa shape index (κ1) is 13.9. The normalized spacial score (nSPS) is 22.9. The monoisotopic (exact) mass is 261 g/mol. The Balaban J connectivity index is 1.90. The highest BCUT2D eigenvalue weighted by Crippen LogP contribution is 2.27. The molecule has 0 spiro atoms. The summed E-state index contributed by atoms with van der Waals surface area (Å²) in [4.78, 5) is 11.5. The van der Waals surface area contributed by atoms with E-state index in [4.69, 9.17) is 4.74 Å². The SMILES string of the molecule is COC(=O)C1CCC(Nc2cc(C)cc(C)c2)CC1. The predicted molar refractivity (Wildman–Crippen MR) is 77.3 cm³/mol.